The number of methoxy groups -OCH3 is 2. The van der Waals surface area contributed by atoms with E-state index in [0.717, 1.165) is 49.2 Å². The summed E-state index contributed by atoms with van der Waals surface area (Å²) < 4.78 is 10.9. The number of hydrogen-bond donors (Lipinski definition) is 2. The molecule has 0 aliphatic carbocycles. The third-order valence-corrected chi connectivity index (χ3v) is 5.11. The van der Waals surface area contributed by atoms with Crippen molar-refractivity contribution in [2.24, 2.45) is 4.99 Å². The molecule has 1 aliphatic rings. The van der Waals surface area contributed by atoms with E-state index in [2.05, 4.69) is 31.6 Å². The summed E-state index contributed by atoms with van der Waals surface area (Å²) in [4.78, 5) is 23.4. The van der Waals surface area contributed by atoms with Crippen molar-refractivity contribution in [3.63, 3.8) is 0 Å². The summed E-state index contributed by atoms with van der Waals surface area (Å²) >= 11 is 0. The van der Waals surface area contributed by atoms with Gasteiger partial charge in [0, 0.05) is 31.7 Å². The maximum absolute atomic E-state index is 12.3. The Morgan fingerprint density at radius 2 is 1.94 bits per heavy atom. The standard InChI is InChI=1S/C23H31N5O3/c1-5-24-23(25-11-9-22(29)27-21-8-6-7-16(2)26-21)28-12-10-17-13-19(30-3)20(31-4)14-18(17)15-28/h6-8,13-14H,5,9-12,15H2,1-4H3,(H,24,25)(H,26,27,29). The molecule has 0 unspecified atom stereocenters. The van der Waals surface area contributed by atoms with Gasteiger partial charge in [-0.15, -0.1) is 0 Å². The van der Waals surface area contributed by atoms with Gasteiger partial charge in [0.05, 0.1) is 20.8 Å². The number of anilines is 1. The molecular weight excluding hydrogens is 394 g/mol. The van der Waals surface area contributed by atoms with E-state index in [4.69, 9.17) is 9.47 Å². The lowest BCUT2D eigenvalue weighted by Crippen LogP contribution is -2.44. The lowest BCUT2D eigenvalue weighted by atomic mass is 9.99. The Kier molecular flexibility index (Phi) is 7.70. The molecule has 1 aromatic heterocycles. The van der Waals surface area contributed by atoms with Gasteiger partial charge in [0.2, 0.25) is 5.91 Å². The Morgan fingerprint density at radius 1 is 1.19 bits per heavy atom. The number of aryl methyl sites for hydroxylation is 1. The molecule has 1 amide bonds. The monoisotopic (exact) mass is 425 g/mol. The minimum atomic E-state index is -0.0986. The van der Waals surface area contributed by atoms with Gasteiger partial charge in [0.15, 0.2) is 17.5 Å². The summed E-state index contributed by atoms with van der Waals surface area (Å²) in [6, 6.07) is 9.64. The highest BCUT2D eigenvalue weighted by Gasteiger charge is 2.21. The smallest absolute Gasteiger partial charge is 0.227 e. The second-order valence-corrected chi connectivity index (χ2v) is 7.35. The van der Waals surface area contributed by atoms with Gasteiger partial charge in [0.25, 0.3) is 0 Å². The number of nitrogens with zero attached hydrogens (tertiary/aromatic N) is 3. The highest BCUT2D eigenvalue weighted by molar-refractivity contribution is 5.90. The molecule has 0 bridgehead atoms. The number of carbonyl (C=O) groups excluding carboxylic acids is 1. The first-order valence-electron chi connectivity index (χ1n) is 10.5. The molecule has 1 aliphatic heterocycles. The molecular formula is C23H31N5O3. The zero-order valence-electron chi connectivity index (χ0n) is 18.7. The van der Waals surface area contributed by atoms with Crippen LogP contribution in [-0.2, 0) is 17.8 Å². The maximum atomic E-state index is 12.3. The number of ether oxygens (including phenoxy) is 2. The number of aromatic nitrogens is 1. The van der Waals surface area contributed by atoms with Crippen molar-refractivity contribution in [2.45, 2.75) is 33.2 Å². The summed E-state index contributed by atoms with van der Waals surface area (Å²) in [7, 11) is 3.30. The van der Waals surface area contributed by atoms with Crippen molar-refractivity contribution in [3.05, 3.63) is 47.2 Å². The fraction of sp³-hybridized carbons (Fsp3) is 0.435. The van der Waals surface area contributed by atoms with E-state index < -0.39 is 0 Å². The number of fused-ring (bicyclic) bond motifs is 1. The first-order valence-corrected chi connectivity index (χ1v) is 10.5. The van der Waals surface area contributed by atoms with Crippen LogP contribution >= 0.6 is 0 Å². The molecule has 0 fully saturated rings. The molecule has 0 atom stereocenters. The van der Waals surface area contributed by atoms with Crippen molar-refractivity contribution < 1.29 is 14.3 Å². The third-order valence-electron chi connectivity index (χ3n) is 5.11. The molecule has 8 heteroatoms. The molecule has 31 heavy (non-hydrogen) atoms. The lowest BCUT2D eigenvalue weighted by molar-refractivity contribution is -0.116. The molecule has 2 heterocycles. The van der Waals surface area contributed by atoms with Crippen LogP contribution in [0.1, 0.15) is 30.2 Å². The molecule has 8 nitrogen and oxygen atoms in total. The Balaban J connectivity index is 1.63. The second-order valence-electron chi connectivity index (χ2n) is 7.35. The van der Waals surface area contributed by atoms with Crippen LogP contribution < -0.4 is 20.1 Å². The van der Waals surface area contributed by atoms with Crippen molar-refractivity contribution in [2.75, 3.05) is 39.2 Å². The molecule has 0 spiro atoms. The van der Waals surface area contributed by atoms with Crippen molar-refractivity contribution in [3.8, 4) is 11.5 Å². The molecule has 0 saturated heterocycles. The topological polar surface area (TPSA) is 88.1 Å². The maximum Gasteiger partial charge on any atom is 0.227 e. The van der Waals surface area contributed by atoms with E-state index in [9.17, 15) is 4.79 Å². The number of amides is 1. The quantitative estimate of drug-likeness (QED) is 0.524. The molecule has 0 saturated carbocycles. The fourth-order valence-corrected chi connectivity index (χ4v) is 3.57. The van der Waals surface area contributed by atoms with E-state index in [1.165, 1.54) is 11.1 Å². The lowest BCUT2D eigenvalue weighted by Gasteiger charge is -2.32. The molecule has 2 aromatic rings. The first-order chi connectivity index (χ1) is 15.0. The van der Waals surface area contributed by atoms with Gasteiger partial charge in [-0.2, -0.15) is 0 Å². The number of pyridine rings is 1. The van der Waals surface area contributed by atoms with Crippen LogP contribution in [0.3, 0.4) is 0 Å². The Bertz CT molecular complexity index is 945. The summed E-state index contributed by atoms with van der Waals surface area (Å²) in [5.41, 5.74) is 3.32. The van der Waals surface area contributed by atoms with Gasteiger partial charge in [-0.3, -0.25) is 9.79 Å². The Labute approximate surface area is 183 Å². The van der Waals surface area contributed by atoms with Crippen molar-refractivity contribution in [1.29, 1.82) is 0 Å². The summed E-state index contributed by atoms with van der Waals surface area (Å²) in [6.07, 6.45) is 1.18. The fourth-order valence-electron chi connectivity index (χ4n) is 3.57. The van der Waals surface area contributed by atoms with Crippen LogP contribution in [0.15, 0.2) is 35.3 Å². The van der Waals surface area contributed by atoms with Gasteiger partial charge in [-0.1, -0.05) is 6.07 Å². The summed E-state index contributed by atoms with van der Waals surface area (Å²) in [6.45, 7) is 6.65. The number of rotatable bonds is 7. The van der Waals surface area contributed by atoms with E-state index in [-0.39, 0.29) is 5.91 Å². The van der Waals surface area contributed by atoms with E-state index in [0.29, 0.717) is 18.8 Å². The molecule has 3 rings (SSSR count). The van der Waals surface area contributed by atoms with Gasteiger partial charge < -0.3 is 25.0 Å². The third kappa shape index (κ3) is 5.87. The SMILES string of the molecule is CCNC(=NCCC(=O)Nc1cccc(C)n1)N1CCc2cc(OC)c(OC)cc2C1. The highest BCUT2D eigenvalue weighted by atomic mass is 16.5. The van der Waals surface area contributed by atoms with Crippen LogP contribution in [0.25, 0.3) is 0 Å². The first kappa shape index (κ1) is 22.4. The van der Waals surface area contributed by atoms with Gasteiger partial charge in [0.1, 0.15) is 5.82 Å². The van der Waals surface area contributed by atoms with Gasteiger partial charge in [-0.05, 0) is 55.7 Å². The zero-order valence-corrected chi connectivity index (χ0v) is 18.7. The summed E-state index contributed by atoms with van der Waals surface area (Å²) in [5, 5.41) is 6.17. The normalized spacial score (nSPS) is 13.4. The van der Waals surface area contributed by atoms with Gasteiger partial charge in [-0.25, -0.2) is 4.98 Å². The highest BCUT2D eigenvalue weighted by Crippen LogP contribution is 2.33. The number of nitrogens with one attached hydrogen (secondary N) is 2. The Hall–Kier alpha value is -3.29. The average molecular weight is 426 g/mol. The minimum Gasteiger partial charge on any atom is -0.493 e. The van der Waals surface area contributed by atoms with Crippen molar-refractivity contribution in [1.82, 2.24) is 15.2 Å². The predicted molar refractivity (Wildman–Crippen MR) is 122 cm³/mol. The number of guanidine groups is 1. The van der Waals surface area contributed by atoms with E-state index in [1.54, 1.807) is 20.3 Å². The van der Waals surface area contributed by atoms with Crippen LogP contribution in [0.5, 0.6) is 11.5 Å². The predicted octanol–water partition coefficient (Wildman–Crippen LogP) is 2.76. The van der Waals surface area contributed by atoms with E-state index in [1.807, 2.05) is 32.0 Å². The molecule has 0 radical (unpaired) electrons. The average Bonchev–Trinajstić information content (AvgIpc) is 2.77. The largest absolute Gasteiger partial charge is 0.493 e. The van der Waals surface area contributed by atoms with Gasteiger partial charge >= 0.3 is 0 Å². The number of carbonyl (C=O) groups is 1. The minimum absolute atomic E-state index is 0.0986. The number of aliphatic imine (C=N–C) groups is 1. The molecule has 2 N–H and O–H groups in total. The number of hydrogen-bond acceptors (Lipinski definition) is 5. The molecule has 166 valence electrons. The van der Waals surface area contributed by atoms with Crippen molar-refractivity contribution >= 4 is 17.7 Å². The molecule has 1 aromatic carbocycles. The number of benzene rings is 1. The van der Waals surface area contributed by atoms with Crippen LogP contribution in [0, 0.1) is 6.92 Å². The Morgan fingerprint density at radius 3 is 2.61 bits per heavy atom. The van der Waals surface area contributed by atoms with Crippen LogP contribution in [-0.4, -0.2) is 55.6 Å². The summed E-state index contributed by atoms with van der Waals surface area (Å²) in [5.74, 6) is 2.76. The van der Waals surface area contributed by atoms with E-state index >= 15 is 0 Å². The zero-order chi connectivity index (χ0) is 22.2. The van der Waals surface area contributed by atoms with Crippen LogP contribution in [0.4, 0.5) is 5.82 Å². The second kappa shape index (κ2) is 10.7. The van der Waals surface area contributed by atoms with Crippen LogP contribution in [0.2, 0.25) is 0 Å².